The number of nitrogens with one attached hydrogen (secondary N) is 2. The number of hydrogen-bond acceptors (Lipinski definition) is 5. The summed E-state index contributed by atoms with van der Waals surface area (Å²) in [6.07, 6.45) is 4.52. The Morgan fingerprint density at radius 3 is 2.60 bits per heavy atom. The number of benzene rings is 2. The van der Waals surface area contributed by atoms with Gasteiger partial charge in [0, 0.05) is 25.2 Å². The molecule has 1 aliphatic rings. The number of ether oxygens (including phenoxy) is 1. The molecule has 0 spiro atoms. The highest BCUT2D eigenvalue weighted by Gasteiger charge is 2.17. The topological polar surface area (TPSA) is 94.0 Å². The van der Waals surface area contributed by atoms with Gasteiger partial charge < -0.3 is 15.0 Å². The third-order valence-corrected chi connectivity index (χ3v) is 4.86. The fourth-order valence-electron chi connectivity index (χ4n) is 3.18. The third-order valence-electron chi connectivity index (χ3n) is 4.86. The third kappa shape index (κ3) is 5.17. The molecule has 2 heterocycles. The summed E-state index contributed by atoms with van der Waals surface area (Å²) in [6.45, 7) is 3.06. The van der Waals surface area contributed by atoms with Crippen LogP contribution in [0.5, 0.6) is 11.5 Å². The lowest BCUT2D eigenvalue weighted by atomic mass is 10.1. The van der Waals surface area contributed by atoms with Crippen molar-refractivity contribution < 1.29 is 9.53 Å². The minimum absolute atomic E-state index is 0.208. The maximum absolute atomic E-state index is 11.6. The van der Waals surface area contributed by atoms with Gasteiger partial charge in [-0.2, -0.15) is 10.4 Å². The molecule has 7 nitrogen and oxygen atoms in total. The van der Waals surface area contributed by atoms with Crippen molar-refractivity contribution in [1.82, 2.24) is 20.4 Å². The predicted octanol–water partition coefficient (Wildman–Crippen LogP) is 4.18. The van der Waals surface area contributed by atoms with Gasteiger partial charge in [-0.1, -0.05) is 30.3 Å². The van der Waals surface area contributed by atoms with Crippen LogP contribution in [0, 0.1) is 11.5 Å². The van der Waals surface area contributed by atoms with Crippen molar-refractivity contribution in [1.29, 1.82) is 5.26 Å². The molecule has 1 amide bonds. The highest BCUT2D eigenvalue weighted by molar-refractivity contribution is 5.93. The first-order chi connectivity index (χ1) is 14.6. The van der Waals surface area contributed by atoms with E-state index in [1.54, 1.807) is 13.1 Å². The first-order valence-electron chi connectivity index (χ1n) is 9.88. The monoisotopic (exact) mass is 403 g/mol. The SMILES string of the molecule is CC1CCCN1C#N.CNC(=O)c1cc(-c2ccccc2Oc2ccccc2)n[nH]1. The lowest BCUT2D eigenvalue weighted by Gasteiger charge is -2.10. The van der Waals surface area contributed by atoms with Gasteiger partial charge in [-0.15, -0.1) is 0 Å². The van der Waals surface area contributed by atoms with E-state index in [1.807, 2.05) is 59.5 Å². The summed E-state index contributed by atoms with van der Waals surface area (Å²) in [7, 11) is 1.58. The molecule has 0 aliphatic carbocycles. The number of aromatic nitrogens is 2. The Morgan fingerprint density at radius 2 is 1.97 bits per heavy atom. The van der Waals surface area contributed by atoms with Crippen molar-refractivity contribution in [3.8, 4) is 28.9 Å². The second kappa shape index (κ2) is 10.1. The number of nitriles is 1. The largest absolute Gasteiger partial charge is 0.457 e. The van der Waals surface area contributed by atoms with Crippen molar-refractivity contribution in [3.05, 3.63) is 66.4 Å². The van der Waals surface area contributed by atoms with Crippen LogP contribution in [0.2, 0.25) is 0 Å². The summed E-state index contributed by atoms with van der Waals surface area (Å²) < 4.78 is 5.91. The molecular weight excluding hydrogens is 378 g/mol. The van der Waals surface area contributed by atoms with Gasteiger partial charge in [0.25, 0.3) is 5.91 Å². The number of carbonyl (C=O) groups excluding carboxylic acids is 1. The van der Waals surface area contributed by atoms with Crippen LogP contribution in [0.3, 0.4) is 0 Å². The summed E-state index contributed by atoms with van der Waals surface area (Å²) >= 11 is 0. The van der Waals surface area contributed by atoms with Gasteiger partial charge in [0.15, 0.2) is 6.19 Å². The van der Waals surface area contributed by atoms with Gasteiger partial charge in [0.1, 0.15) is 17.2 Å². The molecule has 2 aromatic carbocycles. The van der Waals surface area contributed by atoms with Crippen molar-refractivity contribution in [2.24, 2.45) is 0 Å². The number of likely N-dealkylation sites (tertiary alicyclic amines) is 1. The van der Waals surface area contributed by atoms with Gasteiger partial charge in [-0.3, -0.25) is 9.89 Å². The number of carbonyl (C=O) groups is 1. The van der Waals surface area contributed by atoms with Gasteiger partial charge in [-0.25, -0.2) is 0 Å². The van der Waals surface area contributed by atoms with E-state index in [-0.39, 0.29) is 5.91 Å². The molecule has 1 aliphatic heterocycles. The molecule has 1 atom stereocenters. The lowest BCUT2D eigenvalue weighted by molar-refractivity contribution is 0.0958. The fourth-order valence-corrected chi connectivity index (χ4v) is 3.18. The number of para-hydroxylation sites is 2. The van der Waals surface area contributed by atoms with Crippen LogP contribution in [0.25, 0.3) is 11.3 Å². The van der Waals surface area contributed by atoms with E-state index in [2.05, 4.69) is 28.6 Å². The fraction of sp³-hybridized carbons (Fsp3) is 0.261. The summed E-state index contributed by atoms with van der Waals surface area (Å²) in [5.74, 6) is 1.22. The zero-order valence-corrected chi connectivity index (χ0v) is 17.1. The molecule has 4 rings (SSSR count). The summed E-state index contributed by atoms with van der Waals surface area (Å²) in [5, 5.41) is 17.9. The van der Waals surface area contributed by atoms with Crippen LogP contribution in [-0.4, -0.2) is 40.6 Å². The molecule has 7 heteroatoms. The number of hydrogen-bond donors (Lipinski definition) is 2. The lowest BCUT2D eigenvalue weighted by Crippen LogP contribution is -2.20. The molecular formula is C23H25N5O2. The second-order valence-corrected chi connectivity index (χ2v) is 6.94. The predicted molar refractivity (Wildman–Crippen MR) is 115 cm³/mol. The van der Waals surface area contributed by atoms with E-state index in [4.69, 9.17) is 10.00 Å². The average molecular weight is 403 g/mol. The molecule has 154 valence electrons. The average Bonchev–Trinajstić information content (AvgIpc) is 3.44. The van der Waals surface area contributed by atoms with Crippen molar-refractivity contribution in [2.75, 3.05) is 13.6 Å². The molecule has 1 saturated heterocycles. The Balaban J connectivity index is 0.000000269. The molecule has 0 saturated carbocycles. The summed E-state index contributed by atoms with van der Waals surface area (Å²) in [6, 6.07) is 19.3. The van der Waals surface area contributed by atoms with Gasteiger partial charge in [-0.05, 0) is 50.1 Å². The van der Waals surface area contributed by atoms with Crippen molar-refractivity contribution in [3.63, 3.8) is 0 Å². The maximum Gasteiger partial charge on any atom is 0.269 e. The molecule has 3 aromatic rings. The van der Waals surface area contributed by atoms with Gasteiger partial charge >= 0.3 is 0 Å². The van der Waals surface area contributed by atoms with Crippen molar-refractivity contribution >= 4 is 5.91 Å². The summed E-state index contributed by atoms with van der Waals surface area (Å²) in [5.41, 5.74) is 1.88. The normalized spacial score (nSPS) is 15.0. The van der Waals surface area contributed by atoms with E-state index in [1.165, 1.54) is 12.8 Å². The maximum atomic E-state index is 11.6. The number of amides is 1. The first kappa shape index (κ1) is 20.9. The molecule has 2 N–H and O–H groups in total. The molecule has 1 fully saturated rings. The quantitative estimate of drug-likeness (QED) is 0.637. The minimum atomic E-state index is -0.208. The molecule has 30 heavy (non-hydrogen) atoms. The van der Waals surface area contributed by atoms with Crippen LogP contribution < -0.4 is 10.1 Å². The summed E-state index contributed by atoms with van der Waals surface area (Å²) in [4.78, 5) is 13.5. The Kier molecular flexibility index (Phi) is 7.06. The highest BCUT2D eigenvalue weighted by atomic mass is 16.5. The Labute approximate surface area is 176 Å². The zero-order chi connectivity index (χ0) is 21.3. The minimum Gasteiger partial charge on any atom is -0.457 e. The first-order valence-corrected chi connectivity index (χ1v) is 9.88. The zero-order valence-electron chi connectivity index (χ0n) is 17.1. The van der Waals surface area contributed by atoms with E-state index in [9.17, 15) is 4.79 Å². The van der Waals surface area contributed by atoms with E-state index in [0.717, 1.165) is 17.9 Å². The number of H-pyrrole nitrogens is 1. The molecule has 1 unspecified atom stereocenters. The van der Waals surface area contributed by atoms with Crippen LogP contribution in [0.4, 0.5) is 0 Å². The van der Waals surface area contributed by atoms with Crippen LogP contribution in [0.15, 0.2) is 60.7 Å². The van der Waals surface area contributed by atoms with E-state index < -0.39 is 0 Å². The Hall–Kier alpha value is -3.79. The number of nitrogens with zero attached hydrogens (tertiary/aromatic N) is 3. The Bertz CT molecular complexity index is 1010. The van der Waals surface area contributed by atoms with Crippen LogP contribution >= 0.6 is 0 Å². The highest BCUT2D eigenvalue weighted by Crippen LogP contribution is 2.32. The van der Waals surface area contributed by atoms with Crippen molar-refractivity contribution in [2.45, 2.75) is 25.8 Å². The molecule has 0 radical (unpaired) electrons. The smallest absolute Gasteiger partial charge is 0.269 e. The molecule has 0 bridgehead atoms. The van der Waals surface area contributed by atoms with E-state index in [0.29, 0.717) is 23.2 Å². The molecule has 1 aromatic heterocycles. The van der Waals surface area contributed by atoms with Crippen LogP contribution in [0.1, 0.15) is 30.3 Å². The standard InChI is InChI=1S/C17H15N3O2.C6H10N2/c1-18-17(21)15-11-14(19-20-15)13-9-5-6-10-16(13)22-12-7-3-2-4-8-12;1-6-3-2-4-8(6)5-7/h2-11H,1H3,(H,18,21)(H,19,20);6H,2-4H2,1H3. The Morgan fingerprint density at radius 1 is 1.23 bits per heavy atom. The second-order valence-electron chi connectivity index (χ2n) is 6.94. The van der Waals surface area contributed by atoms with Crippen LogP contribution in [-0.2, 0) is 0 Å². The number of aromatic amines is 1. The van der Waals surface area contributed by atoms with Gasteiger partial charge in [0.05, 0.1) is 5.69 Å². The van der Waals surface area contributed by atoms with Gasteiger partial charge in [0.2, 0.25) is 0 Å². The number of rotatable bonds is 4. The van der Waals surface area contributed by atoms with E-state index >= 15 is 0 Å².